The van der Waals surface area contributed by atoms with Gasteiger partial charge >= 0.3 is 0 Å². The molecule has 0 fully saturated rings. The Morgan fingerprint density at radius 2 is 1.96 bits per heavy atom. The quantitative estimate of drug-likeness (QED) is 0.565. The Labute approximate surface area is 156 Å². The highest BCUT2D eigenvalue weighted by molar-refractivity contribution is 5.83. The van der Waals surface area contributed by atoms with Crippen molar-refractivity contribution in [3.05, 3.63) is 53.6 Å². The number of methoxy groups -OCH3 is 1. The molecular formula is C19H16N4O4. The summed E-state index contributed by atoms with van der Waals surface area (Å²) in [6.07, 6.45) is 1.43. The topological polar surface area (TPSA) is 117 Å². The van der Waals surface area contributed by atoms with Gasteiger partial charge in [-0.15, -0.1) is 0 Å². The maximum atomic E-state index is 11.8. The van der Waals surface area contributed by atoms with E-state index < -0.39 is 5.91 Å². The van der Waals surface area contributed by atoms with Gasteiger partial charge in [0.05, 0.1) is 18.9 Å². The number of hydrazone groups is 1. The summed E-state index contributed by atoms with van der Waals surface area (Å²) in [6, 6.07) is 15.5. The first kappa shape index (κ1) is 19.3. The van der Waals surface area contributed by atoms with Crippen LogP contribution in [0, 0.1) is 22.7 Å². The molecule has 8 heteroatoms. The lowest BCUT2D eigenvalue weighted by molar-refractivity contribution is -0.123. The van der Waals surface area contributed by atoms with E-state index in [-0.39, 0.29) is 13.2 Å². The van der Waals surface area contributed by atoms with E-state index in [2.05, 4.69) is 10.5 Å². The Balaban J connectivity index is 1.90. The monoisotopic (exact) mass is 364 g/mol. The fourth-order valence-electron chi connectivity index (χ4n) is 2.03. The normalized spacial score (nSPS) is 9.89. The number of nitrogens with one attached hydrogen (secondary N) is 1. The number of carbonyl (C=O) groups excluding carboxylic acids is 1. The minimum Gasteiger partial charge on any atom is -0.493 e. The average molecular weight is 364 g/mol. The first-order valence-corrected chi connectivity index (χ1v) is 7.79. The van der Waals surface area contributed by atoms with Gasteiger partial charge in [-0.3, -0.25) is 4.79 Å². The first-order valence-electron chi connectivity index (χ1n) is 7.79. The molecule has 136 valence electrons. The number of hydrogen-bond donors (Lipinski definition) is 1. The second-order valence-electron chi connectivity index (χ2n) is 5.05. The van der Waals surface area contributed by atoms with E-state index in [1.54, 1.807) is 42.5 Å². The van der Waals surface area contributed by atoms with Crippen LogP contribution in [0.3, 0.4) is 0 Å². The Morgan fingerprint density at radius 1 is 1.15 bits per heavy atom. The van der Waals surface area contributed by atoms with Crippen molar-refractivity contribution in [3.8, 4) is 29.4 Å². The van der Waals surface area contributed by atoms with Crippen LogP contribution in [0.5, 0.6) is 17.2 Å². The maximum absolute atomic E-state index is 11.8. The number of nitriles is 2. The molecule has 0 unspecified atom stereocenters. The van der Waals surface area contributed by atoms with Crippen LogP contribution in [0.1, 0.15) is 11.1 Å². The third-order valence-corrected chi connectivity index (χ3v) is 3.25. The molecule has 2 aromatic rings. The van der Waals surface area contributed by atoms with Crippen molar-refractivity contribution < 1.29 is 19.0 Å². The van der Waals surface area contributed by atoms with Gasteiger partial charge in [-0.25, -0.2) is 5.43 Å². The van der Waals surface area contributed by atoms with Crippen molar-refractivity contribution in [2.75, 3.05) is 20.3 Å². The van der Waals surface area contributed by atoms with Crippen LogP contribution >= 0.6 is 0 Å². The predicted molar refractivity (Wildman–Crippen MR) is 96.5 cm³/mol. The summed E-state index contributed by atoms with van der Waals surface area (Å²) in [5.74, 6) is 0.735. The Hall–Kier alpha value is -4.04. The fraction of sp³-hybridized carbons (Fsp3) is 0.158. The van der Waals surface area contributed by atoms with Gasteiger partial charge in [0, 0.05) is 0 Å². The molecule has 2 aromatic carbocycles. The molecule has 0 heterocycles. The Bertz CT molecular complexity index is 913. The molecule has 27 heavy (non-hydrogen) atoms. The summed E-state index contributed by atoms with van der Waals surface area (Å²) < 4.78 is 15.7. The summed E-state index contributed by atoms with van der Waals surface area (Å²) in [5, 5.41) is 21.4. The molecule has 8 nitrogen and oxygen atoms in total. The highest BCUT2D eigenvalue weighted by atomic mass is 16.5. The lowest BCUT2D eigenvalue weighted by Crippen LogP contribution is -2.24. The fourth-order valence-corrected chi connectivity index (χ4v) is 2.03. The average Bonchev–Trinajstić information content (AvgIpc) is 2.71. The van der Waals surface area contributed by atoms with Gasteiger partial charge < -0.3 is 14.2 Å². The number of amides is 1. The first-order chi connectivity index (χ1) is 13.2. The molecule has 0 radical (unpaired) electrons. The van der Waals surface area contributed by atoms with Gasteiger partial charge in [0.1, 0.15) is 17.9 Å². The van der Waals surface area contributed by atoms with Crippen LogP contribution in [0.2, 0.25) is 0 Å². The van der Waals surface area contributed by atoms with Gasteiger partial charge in [-0.2, -0.15) is 15.6 Å². The van der Waals surface area contributed by atoms with Crippen molar-refractivity contribution in [1.82, 2.24) is 5.43 Å². The van der Waals surface area contributed by atoms with Crippen molar-refractivity contribution in [2.24, 2.45) is 5.10 Å². The minimum atomic E-state index is -0.472. The molecular weight excluding hydrogens is 348 g/mol. The van der Waals surface area contributed by atoms with Gasteiger partial charge in [0.25, 0.3) is 5.91 Å². The Morgan fingerprint density at radius 3 is 2.70 bits per heavy atom. The predicted octanol–water partition coefficient (Wildman–Crippen LogP) is 2.00. The van der Waals surface area contributed by atoms with Crippen LogP contribution in [0.4, 0.5) is 0 Å². The standard InChI is InChI=1S/C19H16N4O4/c1-25-18-10-14(6-7-17(18)26-9-8-20)12-22-23-19(24)13-27-16-5-3-2-4-15(16)11-21/h2-7,10,12H,9,13H2,1H3,(H,23,24)/b22-12+. The zero-order valence-corrected chi connectivity index (χ0v) is 14.5. The molecule has 0 atom stereocenters. The molecule has 1 amide bonds. The van der Waals surface area contributed by atoms with E-state index >= 15 is 0 Å². The zero-order valence-electron chi connectivity index (χ0n) is 14.5. The summed E-state index contributed by atoms with van der Waals surface area (Å²) in [4.78, 5) is 11.8. The molecule has 0 aromatic heterocycles. The molecule has 0 saturated heterocycles. The number of nitrogens with zero attached hydrogens (tertiary/aromatic N) is 3. The molecule has 0 saturated carbocycles. The lowest BCUT2D eigenvalue weighted by atomic mass is 10.2. The number of rotatable bonds is 8. The number of benzene rings is 2. The van der Waals surface area contributed by atoms with E-state index in [0.717, 1.165) is 0 Å². The third kappa shape index (κ3) is 5.76. The smallest absolute Gasteiger partial charge is 0.277 e. The van der Waals surface area contributed by atoms with Gasteiger partial charge in [-0.05, 0) is 35.9 Å². The third-order valence-electron chi connectivity index (χ3n) is 3.25. The maximum Gasteiger partial charge on any atom is 0.277 e. The highest BCUT2D eigenvalue weighted by Gasteiger charge is 2.06. The summed E-state index contributed by atoms with van der Waals surface area (Å²) >= 11 is 0. The molecule has 0 aliphatic carbocycles. The number of carbonyl (C=O) groups is 1. The van der Waals surface area contributed by atoms with Gasteiger partial charge in [-0.1, -0.05) is 12.1 Å². The summed E-state index contributed by atoms with van der Waals surface area (Å²) in [6.45, 7) is -0.366. The van der Waals surface area contributed by atoms with Crippen LogP contribution in [-0.2, 0) is 4.79 Å². The van der Waals surface area contributed by atoms with Crippen LogP contribution in [0.25, 0.3) is 0 Å². The second-order valence-corrected chi connectivity index (χ2v) is 5.05. The van der Waals surface area contributed by atoms with Crippen molar-refractivity contribution >= 4 is 12.1 Å². The van der Waals surface area contributed by atoms with E-state index in [1.807, 2.05) is 12.1 Å². The zero-order chi connectivity index (χ0) is 19.5. The molecule has 0 bridgehead atoms. The van der Waals surface area contributed by atoms with Gasteiger partial charge in [0.15, 0.2) is 24.7 Å². The van der Waals surface area contributed by atoms with Crippen molar-refractivity contribution in [1.29, 1.82) is 10.5 Å². The molecule has 1 N–H and O–H groups in total. The number of ether oxygens (including phenoxy) is 3. The highest BCUT2D eigenvalue weighted by Crippen LogP contribution is 2.27. The van der Waals surface area contributed by atoms with E-state index in [4.69, 9.17) is 24.7 Å². The molecule has 0 aliphatic heterocycles. The van der Waals surface area contributed by atoms with E-state index in [0.29, 0.717) is 28.4 Å². The van der Waals surface area contributed by atoms with Crippen LogP contribution in [0.15, 0.2) is 47.6 Å². The number of hydrogen-bond acceptors (Lipinski definition) is 7. The SMILES string of the molecule is COc1cc(/C=N/NC(=O)COc2ccccc2C#N)ccc1OCC#N. The van der Waals surface area contributed by atoms with Gasteiger partial charge in [0.2, 0.25) is 0 Å². The minimum absolute atomic E-state index is 0.0885. The second kappa shape index (κ2) is 10.1. The number of para-hydroxylation sites is 1. The largest absolute Gasteiger partial charge is 0.493 e. The van der Waals surface area contributed by atoms with Crippen molar-refractivity contribution in [3.63, 3.8) is 0 Å². The van der Waals surface area contributed by atoms with Crippen LogP contribution in [-0.4, -0.2) is 32.4 Å². The Kier molecular flexibility index (Phi) is 7.19. The summed E-state index contributed by atoms with van der Waals surface area (Å²) in [5.41, 5.74) is 3.34. The van der Waals surface area contributed by atoms with E-state index in [9.17, 15) is 4.79 Å². The summed E-state index contributed by atoms with van der Waals surface area (Å²) in [7, 11) is 1.48. The van der Waals surface area contributed by atoms with E-state index in [1.165, 1.54) is 13.3 Å². The van der Waals surface area contributed by atoms with Crippen LogP contribution < -0.4 is 19.6 Å². The molecule has 0 spiro atoms. The molecule has 2 rings (SSSR count). The molecule has 0 aliphatic rings. The van der Waals surface area contributed by atoms with Crippen molar-refractivity contribution in [2.45, 2.75) is 0 Å². The lowest BCUT2D eigenvalue weighted by Gasteiger charge is -2.08.